The lowest BCUT2D eigenvalue weighted by molar-refractivity contribution is -0.121. The average molecular weight is 255 g/mol. The van der Waals surface area contributed by atoms with Gasteiger partial charge < -0.3 is 15.5 Å². The highest BCUT2D eigenvalue weighted by molar-refractivity contribution is 5.78. The van der Waals surface area contributed by atoms with Crippen molar-refractivity contribution in [3.05, 3.63) is 0 Å². The highest BCUT2D eigenvalue weighted by Crippen LogP contribution is 2.10. The smallest absolute Gasteiger partial charge is 0.234 e. The Morgan fingerprint density at radius 1 is 1.22 bits per heavy atom. The predicted molar refractivity (Wildman–Crippen MR) is 75.7 cm³/mol. The molecule has 0 saturated carbocycles. The Balaban J connectivity index is 2.09. The number of unbranched alkanes of at least 4 members (excludes halogenated alkanes) is 1. The predicted octanol–water partition coefficient (Wildman–Crippen LogP) is 1.37. The molecule has 0 spiro atoms. The lowest BCUT2D eigenvalue weighted by Gasteiger charge is -2.32. The zero-order chi connectivity index (χ0) is 13.2. The van der Waals surface area contributed by atoms with Crippen LogP contribution in [0.2, 0.25) is 0 Å². The lowest BCUT2D eigenvalue weighted by atomic mass is 10.0. The molecular formula is C14H29N3O. The summed E-state index contributed by atoms with van der Waals surface area (Å²) >= 11 is 0. The minimum Gasteiger partial charge on any atom is -0.352 e. The Hall–Kier alpha value is -0.610. The molecule has 1 fully saturated rings. The molecule has 18 heavy (non-hydrogen) atoms. The van der Waals surface area contributed by atoms with E-state index in [4.69, 9.17) is 0 Å². The molecule has 0 radical (unpaired) electrons. The summed E-state index contributed by atoms with van der Waals surface area (Å²) in [6.45, 7) is 9.20. The molecule has 1 aliphatic rings. The van der Waals surface area contributed by atoms with Crippen molar-refractivity contribution in [1.82, 2.24) is 15.5 Å². The first-order valence-corrected chi connectivity index (χ1v) is 7.48. The largest absolute Gasteiger partial charge is 0.352 e. The van der Waals surface area contributed by atoms with Gasteiger partial charge in [0, 0.05) is 19.1 Å². The van der Waals surface area contributed by atoms with Crippen LogP contribution in [0.25, 0.3) is 0 Å². The van der Waals surface area contributed by atoms with Crippen molar-refractivity contribution in [3.8, 4) is 0 Å². The summed E-state index contributed by atoms with van der Waals surface area (Å²) in [4.78, 5) is 14.2. The molecule has 1 saturated heterocycles. The van der Waals surface area contributed by atoms with E-state index in [1.54, 1.807) is 0 Å². The SMILES string of the molecule is CCCCN1CCC(NC(=O)CNCCC)CC1. The van der Waals surface area contributed by atoms with Crippen molar-refractivity contribution < 1.29 is 4.79 Å². The van der Waals surface area contributed by atoms with Crippen molar-refractivity contribution in [3.63, 3.8) is 0 Å². The highest BCUT2D eigenvalue weighted by atomic mass is 16.1. The van der Waals surface area contributed by atoms with Crippen LogP contribution >= 0.6 is 0 Å². The van der Waals surface area contributed by atoms with Crippen molar-refractivity contribution in [2.45, 2.75) is 52.0 Å². The van der Waals surface area contributed by atoms with Gasteiger partial charge in [-0.2, -0.15) is 0 Å². The summed E-state index contributed by atoms with van der Waals surface area (Å²) in [5.74, 6) is 0.149. The summed E-state index contributed by atoms with van der Waals surface area (Å²) in [7, 11) is 0. The normalized spacial score (nSPS) is 17.9. The topological polar surface area (TPSA) is 44.4 Å². The molecule has 1 heterocycles. The van der Waals surface area contributed by atoms with Gasteiger partial charge in [0.25, 0.3) is 0 Å². The van der Waals surface area contributed by atoms with Crippen LogP contribution in [-0.2, 0) is 4.79 Å². The summed E-state index contributed by atoms with van der Waals surface area (Å²) in [6, 6.07) is 0.388. The number of likely N-dealkylation sites (tertiary alicyclic amines) is 1. The number of amides is 1. The van der Waals surface area contributed by atoms with Crippen LogP contribution in [0.15, 0.2) is 0 Å². The van der Waals surface area contributed by atoms with Gasteiger partial charge >= 0.3 is 0 Å². The maximum atomic E-state index is 11.7. The van der Waals surface area contributed by atoms with Gasteiger partial charge in [-0.15, -0.1) is 0 Å². The van der Waals surface area contributed by atoms with Gasteiger partial charge in [-0.25, -0.2) is 0 Å². The van der Waals surface area contributed by atoms with Crippen LogP contribution < -0.4 is 10.6 Å². The van der Waals surface area contributed by atoms with Crippen molar-refractivity contribution in [1.29, 1.82) is 0 Å². The van der Waals surface area contributed by atoms with Gasteiger partial charge in [-0.1, -0.05) is 20.3 Å². The molecule has 0 atom stereocenters. The summed E-state index contributed by atoms with van der Waals surface area (Å²) < 4.78 is 0. The van der Waals surface area contributed by atoms with E-state index in [1.807, 2.05) is 0 Å². The zero-order valence-corrected chi connectivity index (χ0v) is 12.0. The van der Waals surface area contributed by atoms with Crippen molar-refractivity contribution in [2.24, 2.45) is 0 Å². The van der Waals surface area contributed by atoms with Crippen LogP contribution in [-0.4, -0.2) is 49.6 Å². The Kier molecular flexibility index (Phi) is 8.01. The van der Waals surface area contributed by atoms with Gasteiger partial charge in [-0.3, -0.25) is 4.79 Å². The van der Waals surface area contributed by atoms with E-state index in [0.29, 0.717) is 12.6 Å². The quantitative estimate of drug-likeness (QED) is 0.644. The first-order valence-electron chi connectivity index (χ1n) is 7.48. The fourth-order valence-corrected chi connectivity index (χ4v) is 2.34. The third-order valence-corrected chi connectivity index (χ3v) is 3.49. The summed E-state index contributed by atoms with van der Waals surface area (Å²) in [5, 5.41) is 6.26. The maximum Gasteiger partial charge on any atom is 0.234 e. The Bertz CT molecular complexity index is 225. The van der Waals surface area contributed by atoms with Crippen LogP contribution in [0.4, 0.5) is 0 Å². The van der Waals surface area contributed by atoms with Gasteiger partial charge in [0.15, 0.2) is 0 Å². The van der Waals surface area contributed by atoms with Crippen molar-refractivity contribution >= 4 is 5.91 Å². The lowest BCUT2D eigenvalue weighted by Crippen LogP contribution is -2.47. The fraction of sp³-hybridized carbons (Fsp3) is 0.929. The van der Waals surface area contributed by atoms with Crippen LogP contribution in [0.5, 0.6) is 0 Å². The second-order valence-corrected chi connectivity index (χ2v) is 5.21. The Morgan fingerprint density at radius 2 is 1.94 bits per heavy atom. The standard InChI is InChI=1S/C14H29N3O/c1-3-5-9-17-10-6-13(7-11-17)16-14(18)12-15-8-4-2/h13,15H,3-12H2,1-2H3,(H,16,18). The molecule has 0 aliphatic carbocycles. The second kappa shape index (κ2) is 9.34. The average Bonchev–Trinajstić information content (AvgIpc) is 2.38. The van der Waals surface area contributed by atoms with Crippen LogP contribution in [0, 0.1) is 0 Å². The molecule has 2 N–H and O–H groups in total. The van der Waals surface area contributed by atoms with E-state index in [-0.39, 0.29) is 5.91 Å². The zero-order valence-electron chi connectivity index (χ0n) is 12.0. The van der Waals surface area contributed by atoms with E-state index in [2.05, 4.69) is 29.4 Å². The van der Waals surface area contributed by atoms with E-state index in [1.165, 1.54) is 19.4 Å². The molecule has 106 valence electrons. The van der Waals surface area contributed by atoms with Crippen molar-refractivity contribution in [2.75, 3.05) is 32.7 Å². The molecular weight excluding hydrogens is 226 g/mol. The third-order valence-electron chi connectivity index (χ3n) is 3.49. The number of hydrogen-bond donors (Lipinski definition) is 2. The molecule has 1 amide bonds. The first kappa shape index (κ1) is 15.4. The molecule has 1 rings (SSSR count). The fourth-order valence-electron chi connectivity index (χ4n) is 2.34. The molecule has 4 nitrogen and oxygen atoms in total. The number of rotatable bonds is 8. The molecule has 0 aromatic rings. The van der Waals surface area contributed by atoms with E-state index >= 15 is 0 Å². The molecule has 1 aliphatic heterocycles. The van der Waals surface area contributed by atoms with Gasteiger partial charge in [0.05, 0.1) is 6.54 Å². The number of piperidine rings is 1. The number of nitrogens with one attached hydrogen (secondary N) is 2. The minimum atomic E-state index is 0.149. The summed E-state index contributed by atoms with van der Waals surface area (Å²) in [5.41, 5.74) is 0. The minimum absolute atomic E-state index is 0.149. The van der Waals surface area contributed by atoms with Gasteiger partial charge in [0.2, 0.25) is 5.91 Å². The first-order chi connectivity index (χ1) is 8.76. The molecule has 0 aromatic heterocycles. The van der Waals surface area contributed by atoms with E-state index in [0.717, 1.165) is 38.9 Å². The number of carbonyl (C=O) groups is 1. The second-order valence-electron chi connectivity index (χ2n) is 5.21. The maximum absolute atomic E-state index is 11.7. The molecule has 0 bridgehead atoms. The monoisotopic (exact) mass is 255 g/mol. The third kappa shape index (κ3) is 6.36. The number of carbonyl (C=O) groups excluding carboxylic acids is 1. The number of hydrogen-bond acceptors (Lipinski definition) is 3. The van der Waals surface area contributed by atoms with E-state index in [9.17, 15) is 4.79 Å². The summed E-state index contributed by atoms with van der Waals surface area (Å²) in [6.07, 6.45) is 5.83. The number of nitrogens with zero attached hydrogens (tertiary/aromatic N) is 1. The van der Waals surface area contributed by atoms with Crippen LogP contribution in [0.3, 0.4) is 0 Å². The highest BCUT2D eigenvalue weighted by Gasteiger charge is 2.19. The van der Waals surface area contributed by atoms with E-state index < -0.39 is 0 Å². The Labute approximate surface area is 111 Å². The van der Waals surface area contributed by atoms with Gasteiger partial charge in [0.1, 0.15) is 0 Å². The molecule has 4 heteroatoms. The molecule has 0 aromatic carbocycles. The molecule has 0 unspecified atom stereocenters. The Morgan fingerprint density at radius 3 is 2.56 bits per heavy atom. The van der Waals surface area contributed by atoms with Gasteiger partial charge in [-0.05, 0) is 38.8 Å². The van der Waals surface area contributed by atoms with Crippen LogP contribution in [0.1, 0.15) is 46.0 Å².